The Balaban J connectivity index is 0.000000765. The molecule has 0 saturated carbocycles. The zero-order chi connectivity index (χ0) is 31.4. The van der Waals surface area contributed by atoms with E-state index in [-0.39, 0.29) is 0 Å². The van der Waals surface area contributed by atoms with Gasteiger partial charge in [0.25, 0.3) is 0 Å². The Kier molecular flexibility index (Phi) is 11.2. The van der Waals surface area contributed by atoms with Gasteiger partial charge < -0.3 is 20.7 Å². The van der Waals surface area contributed by atoms with Crippen LogP contribution in [0.5, 0.6) is 5.75 Å². The Morgan fingerprint density at radius 1 is 1.00 bits per heavy atom. The Morgan fingerprint density at radius 3 is 2.16 bits per heavy atom. The summed E-state index contributed by atoms with van der Waals surface area (Å²) < 4.78 is 62.0. The minimum absolute atomic E-state index is 0.335. The molecule has 8 nitrogen and oxygen atoms in total. The van der Waals surface area contributed by atoms with Crippen molar-refractivity contribution in [2.75, 3.05) is 7.05 Å². The summed E-state index contributed by atoms with van der Waals surface area (Å²) in [6.07, 6.45) is -0.117. The standard InChI is InChI=1S/C29H18F4N2O2.C2H8N4/c30-23-10-13-25(26(31)15-23)28(36)29(32,33)27-14-9-21(17-35-27)4-1-19-7-11-24(12-8-19)37-18-22-5-2-20(16-34)3-6-22;1-6(4)2-5-3/h2-3,5-15,17,28,36H,18H2;2H,3-4H2,1H3/b;5-2-. The van der Waals surface area contributed by atoms with Crippen molar-refractivity contribution >= 4 is 6.34 Å². The van der Waals surface area contributed by atoms with E-state index in [1.165, 1.54) is 17.4 Å². The first kappa shape index (κ1) is 32.1. The van der Waals surface area contributed by atoms with Crippen LogP contribution in [-0.2, 0) is 12.5 Å². The number of nitriles is 1. The number of hydrazine groups is 1. The van der Waals surface area contributed by atoms with Crippen LogP contribution in [0.15, 0.2) is 90.2 Å². The number of rotatable bonds is 7. The lowest BCUT2D eigenvalue weighted by atomic mass is 9.99. The Morgan fingerprint density at radius 2 is 1.63 bits per heavy atom. The number of aromatic nitrogens is 1. The summed E-state index contributed by atoms with van der Waals surface area (Å²) in [7, 11) is 1.64. The maximum atomic E-state index is 14.7. The van der Waals surface area contributed by atoms with Crippen LogP contribution in [0.3, 0.4) is 0 Å². The van der Waals surface area contributed by atoms with Crippen LogP contribution in [0.1, 0.15) is 39.6 Å². The quantitative estimate of drug-likeness (QED) is 0.0708. The normalized spacial score (nSPS) is 11.4. The van der Waals surface area contributed by atoms with Crippen LogP contribution in [0.4, 0.5) is 17.6 Å². The monoisotopic (exact) mass is 590 g/mol. The van der Waals surface area contributed by atoms with Gasteiger partial charge in [0.15, 0.2) is 6.10 Å². The molecule has 0 amide bonds. The molecule has 220 valence electrons. The van der Waals surface area contributed by atoms with E-state index in [0.717, 1.165) is 30.0 Å². The van der Waals surface area contributed by atoms with E-state index >= 15 is 0 Å². The minimum atomic E-state index is -3.92. The molecule has 12 heteroatoms. The molecule has 0 aliphatic carbocycles. The van der Waals surface area contributed by atoms with Crippen molar-refractivity contribution in [2.45, 2.75) is 18.6 Å². The SMILES string of the molecule is CN(N)/C=N\N.N#Cc1ccc(COc2ccc(C#Cc3ccc(C(F)(F)C(O)c4ccc(F)cc4F)nc3)cc2)cc1. The van der Waals surface area contributed by atoms with Crippen molar-refractivity contribution in [1.82, 2.24) is 9.99 Å². The van der Waals surface area contributed by atoms with E-state index in [1.54, 1.807) is 43.4 Å². The number of ether oxygens (including phenoxy) is 1. The molecule has 5 N–H and O–H groups in total. The number of alkyl halides is 2. The highest BCUT2D eigenvalue weighted by Crippen LogP contribution is 2.40. The van der Waals surface area contributed by atoms with Gasteiger partial charge >= 0.3 is 5.92 Å². The number of hydrogen-bond donors (Lipinski definition) is 3. The molecule has 1 heterocycles. The highest BCUT2D eigenvalue weighted by Gasteiger charge is 2.44. The molecule has 0 aliphatic heterocycles. The Bertz CT molecular complexity index is 1630. The lowest BCUT2D eigenvalue weighted by Gasteiger charge is -2.22. The number of aliphatic hydroxyl groups is 1. The third kappa shape index (κ3) is 9.30. The molecular formula is C31H26F4N6O2. The first-order valence-electron chi connectivity index (χ1n) is 12.5. The van der Waals surface area contributed by atoms with E-state index < -0.39 is 34.9 Å². The highest BCUT2D eigenvalue weighted by molar-refractivity contribution is 5.52. The molecule has 4 aromatic rings. The second-order valence-corrected chi connectivity index (χ2v) is 8.93. The molecule has 0 radical (unpaired) electrons. The van der Waals surface area contributed by atoms with Gasteiger partial charge in [-0.05, 0) is 60.2 Å². The minimum Gasteiger partial charge on any atom is -0.489 e. The average Bonchev–Trinajstić information content (AvgIpc) is 3.00. The number of nitrogens with zero attached hydrogens (tertiary/aromatic N) is 4. The average molecular weight is 591 g/mol. The van der Waals surface area contributed by atoms with Crippen molar-refractivity contribution in [1.29, 1.82) is 5.26 Å². The lowest BCUT2D eigenvalue weighted by molar-refractivity contribution is -0.122. The number of hydrazone groups is 1. The fraction of sp³-hybridized carbons (Fsp3) is 0.129. The predicted octanol–water partition coefficient (Wildman–Crippen LogP) is 4.73. The summed E-state index contributed by atoms with van der Waals surface area (Å²) in [5.74, 6) is 9.88. The summed E-state index contributed by atoms with van der Waals surface area (Å²) in [6, 6.07) is 20.4. The van der Waals surface area contributed by atoms with Gasteiger partial charge in [0, 0.05) is 36.0 Å². The van der Waals surface area contributed by atoms with Gasteiger partial charge in [-0.2, -0.15) is 19.1 Å². The van der Waals surface area contributed by atoms with Crippen molar-refractivity contribution < 1.29 is 27.4 Å². The maximum Gasteiger partial charge on any atom is 0.319 e. The zero-order valence-corrected chi connectivity index (χ0v) is 22.8. The van der Waals surface area contributed by atoms with Gasteiger partial charge in [-0.15, -0.1) is 0 Å². The molecule has 0 bridgehead atoms. The van der Waals surface area contributed by atoms with Gasteiger partial charge in [-0.1, -0.05) is 30.0 Å². The Labute approximate surface area is 245 Å². The van der Waals surface area contributed by atoms with E-state index in [2.05, 4.69) is 33.8 Å². The van der Waals surface area contributed by atoms with Gasteiger partial charge in [0.1, 0.15) is 36.0 Å². The number of hydrogen-bond acceptors (Lipinski definition) is 7. The van der Waals surface area contributed by atoms with Crippen molar-refractivity contribution in [2.24, 2.45) is 16.8 Å². The molecule has 4 rings (SSSR count). The highest BCUT2D eigenvalue weighted by atomic mass is 19.3. The summed E-state index contributed by atoms with van der Waals surface area (Å²) in [4.78, 5) is 3.69. The second kappa shape index (κ2) is 15.0. The van der Waals surface area contributed by atoms with Gasteiger partial charge in [-0.3, -0.25) is 4.98 Å². The van der Waals surface area contributed by atoms with Gasteiger partial charge in [0.2, 0.25) is 0 Å². The molecule has 1 unspecified atom stereocenters. The number of nitrogens with two attached hydrogens (primary N) is 2. The van der Waals surface area contributed by atoms with Gasteiger partial charge in [0.05, 0.1) is 11.6 Å². The third-order valence-corrected chi connectivity index (χ3v) is 5.65. The first-order valence-corrected chi connectivity index (χ1v) is 12.5. The van der Waals surface area contributed by atoms with Crippen LogP contribution >= 0.6 is 0 Å². The van der Waals surface area contributed by atoms with E-state index in [1.807, 2.05) is 12.1 Å². The van der Waals surface area contributed by atoms with Crippen molar-refractivity contribution in [3.63, 3.8) is 0 Å². The Hall–Kier alpha value is -5.43. The molecule has 43 heavy (non-hydrogen) atoms. The molecule has 1 aromatic heterocycles. The molecule has 0 fully saturated rings. The van der Waals surface area contributed by atoms with Crippen molar-refractivity contribution in [3.05, 3.63) is 130 Å². The number of aliphatic hydroxyl groups excluding tert-OH is 1. The molecule has 0 spiro atoms. The summed E-state index contributed by atoms with van der Waals surface area (Å²) in [6.45, 7) is 0.335. The van der Waals surface area contributed by atoms with Crippen molar-refractivity contribution in [3.8, 4) is 23.7 Å². The lowest BCUT2D eigenvalue weighted by Crippen LogP contribution is -2.26. The molecule has 0 aliphatic rings. The van der Waals surface area contributed by atoms with Crippen LogP contribution in [-0.4, -0.2) is 28.5 Å². The summed E-state index contributed by atoms with van der Waals surface area (Å²) >= 11 is 0. The van der Waals surface area contributed by atoms with Crippen LogP contribution in [0, 0.1) is 34.8 Å². The van der Waals surface area contributed by atoms with Gasteiger partial charge in [-0.25, -0.2) is 14.6 Å². The summed E-state index contributed by atoms with van der Waals surface area (Å²) in [5.41, 5.74) is 0.979. The third-order valence-electron chi connectivity index (χ3n) is 5.65. The maximum absolute atomic E-state index is 14.7. The van der Waals surface area contributed by atoms with E-state index in [0.29, 0.717) is 35.1 Å². The predicted molar refractivity (Wildman–Crippen MR) is 152 cm³/mol. The fourth-order valence-electron chi connectivity index (χ4n) is 3.45. The zero-order valence-electron chi connectivity index (χ0n) is 22.8. The molecular weight excluding hydrogens is 564 g/mol. The smallest absolute Gasteiger partial charge is 0.319 e. The number of halogens is 4. The van der Waals surface area contributed by atoms with Crippen LogP contribution < -0.4 is 16.4 Å². The fourth-order valence-corrected chi connectivity index (χ4v) is 3.45. The summed E-state index contributed by atoms with van der Waals surface area (Å²) in [5, 5.41) is 23.3. The molecule has 3 aromatic carbocycles. The topological polar surface area (TPSA) is 134 Å². The van der Waals surface area contributed by atoms with Crippen LogP contribution in [0.25, 0.3) is 0 Å². The number of benzene rings is 3. The number of pyridine rings is 1. The van der Waals surface area contributed by atoms with Crippen LogP contribution in [0.2, 0.25) is 0 Å². The largest absolute Gasteiger partial charge is 0.489 e. The van der Waals surface area contributed by atoms with E-state index in [9.17, 15) is 22.7 Å². The molecule has 0 saturated heterocycles. The first-order chi connectivity index (χ1) is 20.5. The second-order valence-electron chi connectivity index (χ2n) is 8.93. The molecule has 1 atom stereocenters. The van der Waals surface area contributed by atoms with E-state index in [4.69, 9.17) is 15.8 Å².